The largest absolute Gasteiger partial charge is 0.507 e. The third-order valence-electron chi connectivity index (χ3n) is 4.66. The molecule has 2 aromatic heterocycles. The second-order valence-corrected chi connectivity index (χ2v) is 6.55. The van der Waals surface area contributed by atoms with Crippen molar-refractivity contribution in [3.05, 3.63) is 42.7 Å². The Kier molecular flexibility index (Phi) is 6.23. The first-order valence-electron chi connectivity index (χ1n) is 9.27. The molecule has 0 saturated heterocycles. The molecule has 0 amide bonds. The van der Waals surface area contributed by atoms with Crippen molar-refractivity contribution in [2.24, 2.45) is 0 Å². The van der Waals surface area contributed by atoms with Gasteiger partial charge in [0.05, 0.1) is 24.0 Å². The highest BCUT2D eigenvalue weighted by atomic mass is 16.5. The van der Waals surface area contributed by atoms with Crippen molar-refractivity contribution in [1.82, 2.24) is 25.3 Å². The molecule has 3 rings (SSSR count). The zero-order valence-electron chi connectivity index (χ0n) is 16.3. The molecule has 0 fully saturated rings. The Morgan fingerprint density at radius 2 is 2.04 bits per heavy atom. The van der Waals surface area contributed by atoms with Gasteiger partial charge >= 0.3 is 0 Å². The van der Waals surface area contributed by atoms with Gasteiger partial charge in [0.2, 0.25) is 0 Å². The number of nitrogen functional groups attached to an aromatic ring is 1. The average Bonchev–Trinajstić information content (AvgIpc) is 3.18. The number of phenolic OH excluding ortho intramolecular Hbond substituents is 1. The summed E-state index contributed by atoms with van der Waals surface area (Å²) in [5.74, 6) is 0.450. The van der Waals surface area contributed by atoms with Crippen LogP contribution in [0, 0.1) is 0 Å². The number of nitrogens with two attached hydrogens (primary N) is 1. The van der Waals surface area contributed by atoms with E-state index in [1.807, 2.05) is 37.0 Å². The minimum atomic E-state index is -0.00695. The van der Waals surface area contributed by atoms with E-state index in [1.54, 1.807) is 24.4 Å². The summed E-state index contributed by atoms with van der Waals surface area (Å²) < 4.78 is 7.70. The lowest BCUT2D eigenvalue weighted by Crippen LogP contribution is -2.34. The quantitative estimate of drug-likeness (QED) is 0.549. The minimum Gasteiger partial charge on any atom is -0.507 e. The van der Waals surface area contributed by atoms with Crippen LogP contribution < -0.4 is 11.1 Å². The maximum Gasteiger partial charge on any atom is 0.154 e. The SMILES string of the molecule is CCO[C@H](CNC)C(C)n1cc(-c2cc(-c3ccccc3O)nnc2N)cn1. The lowest BCUT2D eigenvalue weighted by atomic mass is 10.1. The van der Waals surface area contributed by atoms with Crippen LogP contribution in [-0.4, -0.2) is 51.4 Å². The monoisotopic (exact) mass is 382 g/mol. The van der Waals surface area contributed by atoms with Gasteiger partial charge in [-0.3, -0.25) is 4.68 Å². The van der Waals surface area contributed by atoms with Crippen molar-refractivity contribution < 1.29 is 9.84 Å². The van der Waals surface area contributed by atoms with Crippen molar-refractivity contribution in [2.75, 3.05) is 25.9 Å². The fourth-order valence-corrected chi connectivity index (χ4v) is 3.11. The van der Waals surface area contributed by atoms with E-state index in [0.29, 0.717) is 29.2 Å². The van der Waals surface area contributed by atoms with Crippen molar-refractivity contribution in [2.45, 2.75) is 26.0 Å². The Hall–Kier alpha value is -2.97. The number of nitrogens with zero attached hydrogens (tertiary/aromatic N) is 4. The number of phenols is 1. The van der Waals surface area contributed by atoms with E-state index in [0.717, 1.165) is 12.1 Å². The van der Waals surface area contributed by atoms with Gasteiger partial charge in [-0.15, -0.1) is 10.2 Å². The van der Waals surface area contributed by atoms with Crippen LogP contribution in [0.4, 0.5) is 5.82 Å². The molecule has 0 saturated carbocycles. The number of aromatic nitrogens is 4. The maximum atomic E-state index is 10.1. The molecule has 2 heterocycles. The first kappa shape index (κ1) is 19.8. The number of nitrogens with one attached hydrogen (secondary N) is 1. The van der Waals surface area contributed by atoms with Crippen molar-refractivity contribution in [3.63, 3.8) is 0 Å². The van der Waals surface area contributed by atoms with Crippen LogP contribution in [0.1, 0.15) is 19.9 Å². The number of anilines is 1. The van der Waals surface area contributed by atoms with Gasteiger partial charge < -0.3 is 20.9 Å². The van der Waals surface area contributed by atoms with E-state index in [9.17, 15) is 5.11 Å². The summed E-state index contributed by atoms with van der Waals surface area (Å²) in [7, 11) is 1.90. The maximum absolute atomic E-state index is 10.1. The van der Waals surface area contributed by atoms with Gasteiger partial charge in [-0.2, -0.15) is 5.10 Å². The molecule has 148 valence electrons. The summed E-state index contributed by atoms with van der Waals surface area (Å²) in [4.78, 5) is 0. The topological polar surface area (TPSA) is 111 Å². The number of para-hydroxylation sites is 1. The van der Waals surface area contributed by atoms with E-state index in [-0.39, 0.29) is 17.9 Å². The molecule has 3 aromatic rings. The predicted octanol–water partition coefficient (Wildman–Crippen LogP) is 2.48. The fourth-order valence-electron chi connectivity index (χ4n) is 3.11. The lowest BCUT2D eigenvalue weighted by molar-refractivity contribution is 0.0275. The van der Waals surface area contributed by atoms with Crippen LogP contribution in [0.5, 0.6) is 5.75 Å². The molecule has 1 aromatic carbocycles. The Bertz CT molecular complexity index is 921. The lowest BCUT2D eigenvalue weighted by Gasteiger charge is -2.24. The molecule has 8 heteroatoms. The highest BCUT2D eigenvalue weighted by molar-refractivity contribution is 5.78. The summed E-state index contributed by atoms with van der Waals surface area (Å²) in [6.45, 7) is 5.40. The van der Waals surface area contributed by atoms with E-state index < -0.39 is 0 Å². The molecule has 0 radical (unpaired) electrons. The predicted molar refractivity (Wildman–Crippen MR) is 109 cm³/mol. The fraction of sp³-hybridized carbons (Fsp3) is 0.350. The number of hydrogen-bond acceptors (Lipinski definition) is 7. The number of benzene rings is 1. The molecule has 0 aliphatic carbocycles. The average molecular weight is 382 g/mol. The minimum absolute atomic E-state index is 0.00695. The number of hydrogen-bond donors (Lipinski definition) is 3. The molecule has 0 aliphatic heterocycles. The van der Waals surface area contributed by atoms with Gasteiger partial charge in [-0.1, -0.05) is 12.1 Å². The van der Waals surface area contributed by atoms with Crippen LogP contribution in [0.15, 0.2) is 42.7 Å². The van der Waals surface area contributed by atoms with Gasteiger partial charge in [0.1, 0.15) is 5.75 Å². The van der Waals surface area contributed by atoms with Crippen LogP contribution in [0.3, 0.4) is 0 Å². The molecule has 0 spiro atoms. The van der Waals surface area contributed by atoms with Gasteiger partial charge in [-0.05, 0) is 39.1 Å². The molecular formula is C20H26N6O2. The molecule has 2 atom stereocenters. The van der Waals surface area contributed by atoms with Gasteiger partial charge in [0.25, 0.3) is 0 Å². The summed E-state index contributed by atoms with van der Waals surface area (Å²) in [6.07, 6.45) is 3.67. The molecule has 1 unspecified atom stereocenters. The van der Waals surface area contributed by atoms with E-state index in [1.165, 1.54) is 0 Å². The van der Waals surface area contributed by atoms with Crippen molar-refractivity contribution in [1.29, 1.82) is 0 Å². The molecule has 28 heavy (non-hydrogen) atoms. The van der Waals surface area contributed by atoms with Crippen LogP contribution >= 0.6 is 0 Å². The highest BCUT2D eigenvalue weighted by Crippen LogP contribution is 2.32. The third kappa shape index (κ3) is 4.13. The first-order chi connectivity index (χ1) is 13.5. The Morgan fingerprint density at radius 3 is 2.75 bits per heavy atom. The summed E-state index contributed by atoms with van der Waals surface area (Å²) in [5, 5.41) is 25.9. The van der Waals surface area contributed by atoms with Crippen LogP contribution in [0.2, 0.25) is 0 Å². The van der Waals surface area contributed by atoms with Gasteiger partial charge in [-0.25, -0.2) is 0 Å². The second kappa shape index (κ2) is 8.81. The zero-order chi connectivity index (χ0) is 20.1. The standard InChI is InChI=1S/C20H26N6O2/c1-4-28-19(11-22-3)13(2)26-12-14(10-23-26)16-9-17(24-25-20(16)21)15-7-5-6-8-18(15)27/h5-10,12-13,19,22,27H,4,11H2,1-3H3,(H2,21,25)/t13?,19-/m1/s1. The van der Waals surface area contributed by atoms with E-state index in [2.05, 4.69) is 27.5 Å². The number of ether oxygens (including phenoxy) is 1. The first-order valence-corrected chi connectivity index (χ1v) is 9.27. The van der Waals surface area contributed by atoms with Crippen molar-refractivity contribution in [3.8, 4) is 28.1 Å². The number of aromatic hydroxyl groups is 1. The second-order valence-electron chi connectivity index (χ2n) is 6.55. The van der Waals surface area contributed by atoms with Gasteiger partial charge in [0.15, 0.2) is 5.82 Å². The molecule has 0 bridgehead atoms. The van der Waals surface area contributed by atoms with Gasteiger partial charge in [0, 0.05) is 36.0 Å². The van der Waals surface area contributed by atoms with E-state index >= 15 is 0 Å². The highest BCUT2D eigenvalue weighted by Gasteiger charge is 2.20. The summed E-state index contributed by atoms with van der Waals surface area (Å²) >= 11 is 0. The normalized spacial score (nSPS) is 13.4. The Labute approximate surface area is 164 Å². The van der Waals surface area contributed by atoms with E-state index in [4.69, 9.17) is 10.5 Å². The van der Waals surface area contributed by atoms with Crippen LogP contribution in [0.25, 0.3) is 22.4 Å². The Morgan fingerprint density at radius 1 is 1.25 bits per heavy atom. The van der Waals surface area contributed by atoms with Crippen molar-refractivity contribution >= 4 is 5.82 Å². The summed E-state index contributed by atoms with van der Waals surface area (Å²) in [5.41, 5.74) is 8.76. The molecule has 8 nitrogen and oxygen atoms in total. The number of rotatable bonds is 8. The molecular weight excluding hydrogens is 356 g/mol. The zero-order valence-corrected chi connectivity index (χ0v) is 16.3. The smallest absolute Gasteiger partial charge is 0.154 e. The Balaban J connectivity index is 1.93. The number of likely N-dealkylation sites (N-methyl/N-ethyl adjacent to an activating group) is 1. The molecule has 4 N–H and O–H groups in total. The third-order valence-corrected chi connectivity index (χ3v) is 4.66. The summed E-state index contributed by atoms with van der Waals surface area (Å²) in [6, 6.07) is 8.85. The molecule has 0 aliphatic rings. The van der Waals surface area contributed by atoms with Crippen LogP contribution in [-0.2, 0) is 4.74 Å².